The molecule has 13 nitrogen and oxygen atoms in total. The van der Waals surface area contributed by atoms with E-state index < -0.39 is 38.0 Å². The van der Waals surface area contributed by atoms with Crippen molar-refractivity contribution in [2.45, 2.75) is 83.2 Å². The molecule has 1 heterocycles. The van der Waals surface area contributed by atoms with Gasteiger partial charge in [0, 0.05) is 30.3 Å². The second-order valence-corrected chi connectivity index (χ2v) is 24.1. The first-order valence-electron chi connectivity index (χ1n) is 20.4. The SMILES string of the molecule is CCOP(=O)(Cc1cnc(CC(=O)c2cc(Oc3ccc(S(C)(=O)=O)cc3)cc(O[C@@H](C)CO)c2)cn1)OCC.C[C@@H](O)CO[Si](c1ccccc1)(c1ccccc1)C(C)(C)C. The molecule has 5 aromatic rings. The van der Waals surface area contributed by atoms with Crippen molar-refractivity contribution in [3.05, 3.63) is 132 Å². The second kappa shape index (κ2) is 22.7. The van der Waals surface area contributed by atoms with Crippen LogP contribution in [0, 0.1) is 0 Å². The Morgan fingerprint density at radius 2 is 1.32 bits per heavy atom. The summed E-state index contributed by atoms with van der Waals surface area (Å²) < 4.78 is 64.9. The van der Waals surface area contributed by atoms with Gasteiger partial charge in [0.05, 0.1) is 61.4 Å². The highest BCUT2D eigenvalue weighted by Gasteiger charge is 2.50. The van der Waals surface area contributed by atoms with Crippen LogP contribution in [-0.2, 0) is 40.5 Å². The van der Waals surface area contributed by atoms with Crippen LogP contribution in [0.3, 0.4) is 0 Å². The monoisotopic (exact) mass is 906 g/mol. The molecule has 0 aliphatic carbocycles. The van der Waals surface area contributed by atoms with E-state index in [9.17, 15) is 28.0 Å². The van der Waals surface area contributed by atoms with Gasteiger partial charge in [0.2, 0.25) is 0 Å². The van der Waals surface area contributed by atoms with Gasteiger partial charge in [0.1, 0.15) is 23.4 Å². The van der Waals surface area contributed by atoms with E-state index in [1.807, 2.05) is 12.1 Å². The van der Waals surface area contributed by atoms with Crippen molar-refractivity contribution >= 4 is 41.9 Å². The summed E-state index contributed by atoms with van der Waals surface area (Å²) in [7, 11) is -9.18. The van der Waals surface area contributed by atoms with Gasteiger partial charge in [0.25, 0.3) is 8.32 Å². The van der Waals surface area contributed by atoms with Gasteiger partial charge in [-0.15, -0.1) is 0 Å². The quantitative estimate of drug-likeness (QED) is 0.0444. The summed E-state index contributed by atoms with van der Waals surface area (Å²) >= 11 is 0. The first-order chi connectivity index (χ1) is 29.3. The molecule has 334 valence electrons. The number of aromatic nitrogens is 2. The fourth-order valence-electron chi connectivity index (χ4n) is 6.57. The summed E-state index contributed by atoms with van der Waals surface area (Å²) in [5, 5.41) is 21.6. The minimum atomic E-state index is -3.36. The van der Waals surface area contributed by atoms with E-state index in [0.29, 0.717) is 29.5 Å². The summed E-state index contributed by atoms with van der Waals surface area (Å²) in [6, 6.07) is 31.5. The lowest BCUT2D eigenvalue weighted by Gasteiger charge is -2.43. The van der Waals surface area contributed by atoms with Gasteiger partial charge in [0.15, 0.2) is 15.6 Å². The summed E-state index contributed by atoms with van der Waals surface area (Å²) in [5.41, 5.74) is 1.08. The van der Waals surface area contributed by atoms with Crippen molar-refractivity contribution in [2.75, 3.05) is 32.7 Å². The smallest absolute Gasteiger partial charge is 0.336 e. The Hall–Kier alpha value is -4.57. The fourth-order valence-corrected chi connectivity index (χ4v) is 13.4. The number of nitrogens with zero attached hydrogens (tertiary/aromatic N) is 2. The van der Waals surface area contributed by atoms with E-state index >= 15 is 0 Å². The predicted octanol–water partition coefficient (Wildman–Crippen LogP) is 7.57. The number of carbonyl (C=O) groups excluding carboxylic acids is 1. The van der Waals surface area contributed by atoms with Gasteiger partial charge in [-0.2, -0.15) is 0 Å². The maximum atomic E-state index is 13.2. The number of hydrogen-bond donors (Lipinski definition) is 2. The normalized spacial score (nSPS) is 13.1. The molecule has 0 spiro atoms. The molecule has 0 aliphatic rings. The van der Waals surface area contributed by atoms with Crippen LogP contribution >= 0.6 is 7.60 Å². The van der Waals surface area contributed by atoms with Crippen LogP contribution in [0.4, 0.5) is 0 Å². The first-order valence-corrected chi connectivity index (χ1v) is 25.9. The average Bonchev–Trinajstić information content (AvgIpc) is 3.22. The van der Waals surface area contributed by atoms with Crippen molar-refractivity contribution < 1.29 is 50.9 Å². The molecule has 0 aliphatic heterocycles. The number of Topliss-reactive ketones (excluding diaryl/α,β-unsaturated/α-hetero) is 1. The Kier molecular flexibility index (Phi) is 18.3. The summed E-state index contributed by atoms with van der Waals surface area (Å²) in [4.78, 5) is 21.9. The molecular weight excluding hydrogens is 848 g/mol. The van der Waals surface area contributed by atoms with E-state index in [1.54, 1.807) is 33.8 Å². The van der Waals surface area contributed by atoms with Crippen molar-refractivity contribution in [1.82, 2.24) is 9.97 Å². The van der Waals surface area contributed by atoms with Gasteiger partial charge in [-0.25, -0.2) is 8.42 Å². The molecule has 1 aromatic heterocycles. The molecule has 0 bridgehead atoms. The molecule has 2 N–H and O–H groups in total. The fraction of sp³-hybridized carbons (Fsp3) is 0.370. The van der Waals surface area contributed by atoms with Gasteiger partial charge >= 0.3 is 7.60 Å². The van der Waals surface area contributed by atoms with Crippen LogP contribution in [0.5, 0.6) is 17.2 Å². The van der Waals surface area contributed by atoms with E-state index in [0.717, 1.165) is 6.26 Å². The van der Waals surface area contributed by atoms with Crippen LogP contribution in [0.25, 0.3) is 0 Å². The average molecular weight is 907 g/mol. The second-order valence-electron chi connectivity index (χ2n) is 15.7. The number of aliphatic hydroxyl groups is 2. The Bertz CT molecular complexity index is 2280. The van der Waals surface area contributed by atoms with Crippen molar-refractivity contribution in [1.29, 1.82) is 0 Å². The molecule has 2 atom stereocenters. The molecule has 0 fully saturated rings. The van der Waals surface area contributed by atoms with E-state index in [1.165, 1.54) is 59.2 Å². The largest absolute Gasteiger partial charge is 0.488 e. The van der Waals surface area contributed by atoms with Gasteiger partial charge in [-0.05, 0) is 79.5 Å². The lowest BCUT2D eigenvalue weighted by molar-refractivity contribution is 0.0989. The molecule has 0 amide bonds. The summed E-state index contributed by atoms with van der Waals surface area (Å²) in [6.07, 6.45) is 2.86. The van der Waals surface area contributed by atoms with E-state index in [4.69, 9.17) is 22.9 Å². The highest BCUT2D eigenvalue weighted by atomic mass is 32.2. The number of benzene rings is 4. The van der Waals surface area contributed by atoms with E-state index in [-0.39, 0.29) is 59.4 Å². The number of ether oxygens (including phenoxy) is 2. The van der Waals surface area contributed by atoms with Crippen molar-refractivity contribution in [3.63, 3.8) is 0 Å². The highest BCUT2D eigenvalue weighted by Crippen LogP contribution is 2.50. The zero-order valence-electron chi connectivity index (χ0n) is 36.7. The Labute approximate surface area is 367 Å². The molecule has 0 saturated carbocycles. The Morgan fingerprint density at radius 3 is 1.79 bits per heavy atom. The zero-order valence-corrected chi connectivity index (χ0v) is 39.4. The minimum absolute atomic E-state index is 0.0371. The molecule has 4 aromatic carbocycles. The number of carbonyl (C=O) groups is 1. The number of rotatable bonds is 20. The lowest BCUT2D eigenvalue weighted by atomic mass is 10.1. The summed E-state index contributed by atoms with van der Waals surface area (Å²) in [6.45, 7) is 14.2. The topological polar surface area (TPSA) is 181 Å². The Morgan fingerprint density at radius 1 is 0.790 bits per heavy atom. The van der Waals surface area contributed by atoms with Crippen LogP contribution in [0.1, 0.15) is 70.2 Å². The third kappa shape index (κ3) is 14.2. The number of ketones is 1. The van der Waals surface area contributed by atoms with Crippen LogP contribution in [0.2, 0.25) is 5.04 Å². The Balaban J connectivity index is 0.000000323. The first kappa shape index (κ1) is 50.1. The van der Waals surface area contributed by atoms with Gasteiger partial charge in [-0.3, -0.25) is 19.3 Å². The molecule has 0 unspecified atom stereocenters. The standard InChI is InChI=1S/C27H33N2O9PS.C19H26O2Si/c1-5-35-39(32,36-6-2)18-22-16-28-21(15-29-22)13-27(31)20-11-24(37-19(3)17-30)14-25(12-20)38-23-7-9-26(10-8-23)40(4,33)34;1-16(20)15-21-22(19(2,3)4,17-11-7-5-8-12-17)18-13-9-6-10-14-18/h7-12,14-16,19,30H,5-6,13,17-18H2,1-4H3;5-14,16,20H,15H2,1-4H3/t19-;16-/m01/s1. The highest BCUT2D eigenvalue weighted by molar-refractivity contribution is 7.90. The lowest BCUT2D eigenvalue weighted by Crippen LogP contribution is -2.67. The van der Waals surface area contributed by atoms with Crippen LogP contribution in [0.15, 0.2) is 120 Å². The predicted molar refractivity (Wildman–Crippen MR) is 243 cm³/mol. The maximum Gasteiger partial charge on any atom is 0.336 e. The number of sulfone groups is 1. The zero-order chi connectivity index (χ0) is 45.6. The van der Waals surface area contributed by atoms with Crippen LogP contribution < -0.4 is 19.8 Å². The van der Waals surface area contributed by atoms with Crippen molar-refractivity contribution in [3.8, 4) is 17.2 Å². The number of hydrogen-bond acceptors (Lipinski definition) is 13. The summed E-state index contributed by atoms with van der Waals surface area (Å²) in [5.74, 6) is 0.646. The molecule has 16 heteroatoms. The molecule has 0 radical (unpaired) electrons. The molecular formula is C46H59N2O11PSSi. The number of aliphatic hydroxyl groups excluding tert-OH is 2. The van der Waals surface area contributed by atoms with Gasteiger partial charge < -0.3 is 33.2 Å². The third-order valence-electron chi connectivity index (χ3n) is 9.35. The van der Waals surface area contributed by atoms with Gasteiger partial charge in [-0.1, -0.05) is 81.4 Å². The van der Waals surface area contributed by atoms with Crippen molar-refractivity contribution in [2.24, 2.45) is 0 Å². The third-order valence-corrected chi connectivity index (χ3v) is 17.5. The minimum Gasteiger partial charge on any atom is -0.488 e. The molecule has 62 heavy (non-hydrogen) atoms. The molecule has 0 saturated heterocycles. The maximum absolute atomic E-state index is 13.2. The van der Waals surface area contributed by atoms with E-state index in [2.05, 4.69) is 79.3 Å². The molecule has 5 rings (SSSR count). The van der Waals surface area contributed by atoms with Crippen LogP contribution in [-0.4, -0.2) is 87.6 Å².